The molecule has 4 amide bonds. The largest absolute Gasteiger partial charge is 0.497 e. The zero-order chi connectivity index (χ0) is 20.3. The van der Waals surface area contributed by atoms with Gasteiger partial charge in [0.1, 0.15) is 11.5 Å². The molecule has 2 aromatic rings. The summed E-state index contributed by atoms with van der Waals surface area (Å²) in [5.41, 5.74) is 4.89. The minimum Gasteiger partial charge on any atom is -0.497 e. The molecule has 1 saturated heterocycles. The Morgan fingerprint density at radius 2 is 1.43 bits per heavy atom. The predicted octanol–water partition coefficient (Wildman–Crippen LogP) is 1.37. The highest BCUT2D eigenvalue weighted by Crippen LogP contribution is 2.37. The molecule has 1 fully saturated rings. The summed E-state index contributed by atoms with van der Waals surface area (Å²) < 4.78 is 10.4. The van der Waals surface area contributed by atoms with Crippen LogP contribution in [-0.4, -0.2) is 43.5 Å². The molecular formula is C20H21N3O5. The number of carbonyl (C=O) groups is 3. The molecule has 0 atom stereocenters. The van der Waals surface area contributed by atoms with Gasteiger partial charge < -0.3 is 20.5 Å². The van der Waals surface area contributed by atoms with E-state index in [-0.39, 0.29) is 13.0 Å². The third-order valence-electron chi connectivity index (χ3n) is 4.73. The van der Waals surface area contributed by atoms with Gasteiger partial charge in [0.2, 0.25) is 5.91 Å². The minimum absolute atomic E-state index is 0.0892. The number of rotatable bonds is 7. The number of ether oxygens (including phenoxy) is 2. The fourth-order valence-electron chi connectivity index (χ4n) is 3.24. The van der Waals surface area contributed by atoms with Crippen molar-refractivity contribution in [3.8, 4) is 11.5 Å². The number of primary amides is 1. The third-order valence-corrected chi connectivity index (χ3v) is 4.73. The maximum Gasteiger partial charge on any atom is 0.325 e. The number of nitrogens with one attached hydrogen (secondary N) is 1. The number of hydrogen-bond donors (Lipinski definition) is 2. The van der Waals surface area contributed by atoms with E-state index in [4.69, 9.17) is 15.2 Å². The van der Waals surface area contributed by atoms with Gasteiger partial charge in [-0.25, -0.2) is 4.79 Å². The summed E-state index contributed by atoms with van der Waals surface area (Å²) in [6, 6.07) is 13.2. The number of urea groups is 1. The van der Waals surface area contributed by atoms with Crippen LogP contribution in [0.15, 0.2) is 48.5 Å². The van der Waals surface area contributed by atoms with E-state index in [0.29, 0.717) is 22.6 Å². The lowest BCUT2D eigenvalue weighted by Gasteiger charge is -2.28. The highest BCUT2D eigenvalue weighted by atomic mass is 16.5. The Morgan fingerprint density at radius 3 is 1.82 bits per heavy atom. The molecule has 2 aromatic carbocycles. The summed E-state index contributed by atoms with van der Waals surface area (Å²) >= 11 is 0. The standard InChI is InChI=1S/C20H21N3O5/c1-27-15-7-3-13(4-8-15)20(14-5-9-16(28-2)10-6-14)18(25)23(19(26)22-20)12-11-17(21)24/h3-10H,11-12H2,1-2H3,(H2,21,24)(H,22,26). The first-order chi connectivity index (χ1) is 13.4. The molecule has 0 aliphatic carbocycles. The maximum atomic E-state index is 13.4. The van der Waals surface area contributed by atoms with Crippen molar-refractivity contribution >= 4 is 17.8 Å². The van der Waals surface area contributed by atoms with Crippen molar-refractivity contribution in [1.29, 1.82) is 0 Å². The molecule has 0 unspecified atom stereocenters. The normalized spacial score (nSPS) is 15.3. The summed E-state index contributed by atoms with van der Waals surface area (Å²) in [6.07, 6.45) is -0.111. The van der Waals surface area contributed by atoms with Gasteiger partial charge in [-0.2, -0.15) is 0 Å². The number of carbonyl (C=O) groups excluding carboxylic acids is 3. The van der Waals surface area contributed by atoms with E-state index in [0.717, 1.165) is 4.90 Å². The van der Waals surface area contributed by atoms with E-state index in [1.807, 2.05) is 0 Å². The first kappa shape index (κ1) is 19.2. The van der Waals surface area contributed by atoms with Crippen molar-refractivity contribution in [1.82, 2.24) is 10.2 Å². The lowest BCUT2D eigenvalue weighted by atomic mass is 9.82. The molecule has 3 rings (SSSR count). The van der Waals surface area contributed by atoms with E-state index in [1.54, 1.807) is 62.8 Å². The van der Waals surface area contributed by atoms with Crippen molar-refractivity contribution in [3.63, 3.8) is 0 Å². The maximum absolute atomic E-state index is 13.4. The molecule has 146 valence electrons. The van der Waals surface area contributed by atoms with E-state index >= 15 is 0 Å². The van der Waals surface area contributed by atoms with E-state index in [2.05, 4.69) is 5.32 Å². The number of imide groups is 1. The van der Waals surface area contributed by atoms with E-state index < -0.39 is 23.4 Å². The average Bonchev–Trinajstić information content (AvgIpc) is 2.97. The van der Waals surface area contributed by atoms with Gasteiger partial charge in [-0.05, 0) is 35.4 Å². The van der Waals surface area contributed by atoms with Crippen LogP contribution < -0.4 is 20.5 Å². The van der Waals surface area contributed by atoms with Crippen molar-refractivity contribution in [2.45, 2.75) is 12.0 Å². The Balaban J connectivity index is 2.10. The first-order valence-electron chi connectivity index (χ1n) is 8.64. The van der Waals surface area contributed by atoms with E-state index in [9.17, 15) is 14.4 Å². The highest BCUT2D eigenvalue weighted by molar-refractivity contribution is 6.09. The smallest absolute Gasteiger partial charge is 0.325 e. The number of nitrogens with two attached hydrogens (primary N) is 1. The second kappa shape index (κ2) is 7.59. The Labute approximate surface area is 162 Å². The number of amides is 4. The number of hydrogen-bond acceptors (Lipinski definition) is 5. The van der Waals surface area contributed by atoms with Crippen LogP contribution in [0.25, 0.3) is 0 Å². The Morgan fingerprint density at radius 1 is 0.964 bits per heavy atom. The van der Waals surface area contributed by atoms with Crippen molar-refractivity contribution in [2.24, 2.45) is 5.73 Å². The molecule has 1 aliphatic rings. The molecule has 28 heavy (non-hydrogen) atoms. The SMILES string of the molecule is COc1ccc(C2(c3ccc(OC)cc3)NC(=O)N(CCC(N)=O)C2=O)cc1. The molecule has 0 saturated carbocycles. The molecule has 0 radical (unpaired) electrons. The van der Waals surface area contributed by atoms with Gasteiger partial charge in [-0.3, -0.25) is 14.5 Å². The highest BCUT2D eigenvalue weighted by Gasteiger charge is 2.53. The molecule has 1 heterocycles. The van der Waals surface area contributed by atoms with Crippen LogP contribution in [0.2, 0.25) is 0 Å². The van der Waals surface area contributed by atoms with Gasteiger partial charge in [0.25, 0.3) is 5.91 Å². The predicted molar refractivity (Wildman–Crippen MR) is 101 cm³/mol. The summed E-state index contributed by atoms with van der Waals surface area (Å²) in [5.74, 6) is 0.174. The van der Waals surface area contributed by atoms with Crippen LogP contribution in [0.5, 0.6) is 11.5 Å². The van der Waals surface area contributed by atoms with Crippen LogP contribution in [0.4, 0.5) is 4.79 Å². The summed E-state index contributed by atoms with van der Waals surface area (Å²) in [4.78, 5) is 38.1. The second-order valence-electron chi connectivity index (χ2n) is 6.31. The first-order valence-corrected chi connectivity index (χ1v) is 8.64. The van der Waals surface area contributed by atoms with Gasteiger partial charge in [0.05, 0.1) is 14.2 Å². The van der Waals surface area contributed by atoms with Crippen LogP contribution in [0.1, 0.15) is 17.5 Å². The van der Waals surface area contributed by atoms with Crippen molar-refractivity contribution in [2.75, 3.05) is 20.8 Å². The third kappa shape index (κ3) is 3.24. The lowest BCUT2D eigenvalue weighted by Crippen LogP contribution is -2.45. The molecule has 0 aromatic heterocycles. The summed E-state index contributed by atoms with van der Waals surface area (Å²) in [6.45, 7) is -0.0892. The van der Waals surface area contributed by atoms with Gasteiger partial charge in [0.15, 0.2) is 5.54 Å². The summed E-state index contributed by atoms with van der Waals surface area (Å²) in [7, 11) is 3.09. The molecule has 8 heteroatoms. The second-order valence-corrected chi connectivity index (χ2v) is 6.31. The topological polar surface area (TPSA) is 111 Å². The molecule has 1 aliphatic heterocycles. The van der Waals surface area contributed by atoms with Gasteiger partial charge in [-0.15, -0.1) is 0 Å². The molecule has 8 nitrogen and oxygen atoms in total. The van der Waals surface area contributed by atoms with Crippen LogP contribution in [0.3, 0.4) is 0 Å². The zero-order valence-corrected chi connectivity index (χ0v) is 15.6. The summed E-state index contributed by atoms with van der Waals surface area (Å²) in [5, 5.41) is 2.80. The number of nitrogens with zero attached hydrogens (tertiary/aromatic N) is 1. The van der Waals surface area contributed by atoms with Gasteiger partial charge >= 0.3 is 6.03 Å². The number of benzene rings is 2. The van der Waals surface area contributed by atoms with Gasteiger partial charge in [0, 0.05) is 13.0 Å². The van der Waals surface area contributed by atoms with Crippen molar-refractivity contribution in [3.05, 3.63) is 59.7 Å². The molecular weight excluding hydrogens is 362 g/mol. The lowest BCUT2D eigenvalue weighted by molar-refractivity contribution is -0.130. The molecule has 0 spiro atoms. The van der Waals surface area contributed by atoms with Crippen LogP contribution >= 0.6 is 0 Å². The van der Waals surface area contributed by atoms with Crippen molar-refractivity contribution < 1.29 is 23.9 Å². The quantitative estimate of drug-likeness (QED) is 0.702. The molecule has 0 bridgehead atoms. The van der Waals surface area contributed by atoms with Crippen LogP contribution in [0, 0.1) is 0 Å². The van der Waals surface area contributed by atoms with Crippen LogP contribution in [-0.2, 0) is 15.1 Å². The Bertz CT molecular complexity index is 846. The Hall–Kier alpha value is -3.55. The minimum atomic E-state index is -1.42. The fraction of sp³-hybridized carbons (Fsp3) is 0.250. The monoisotopic (exact) mass is 383 g/mol. The fourth-order valence-corrected chi connectivity index (χ4v) is 3.24. The molecule has 3 N–H and O–H groups in total. The Kier molecular flexibility index (Phi) is 5.21. The van der Waals surface area contributed by atoms with E-state index in [1.165, 1.54) is 0 Å². The zero-order valence-electron chi connectivity index (χ0n) is 15.6. The van der Waals surface area contributed by atoms with Gasteiger partial charge in [-0.1, -0.05) is 24.3 Å². The average molecular weight is 383 g/mol. The number of methoxy groups -OCH3 is 2.